The molecule has 0 saturated heterocycles. The maximum atomic E-state index is 13.3. The summed E-state index contributed by atoms with van der Waals surface area (Å²) < 4.78 is 5.94. The molecule has 1 aromatic heterocycles. The topological polar surface area (TPSA) is 111 Å². The van der Waals surface area contributed by atoms with Crippen molar-refractivity contribution >= 4 is 21.9 Å². The van der Waals surface area contributed by atoms with E-state index in [-0.39, 0.29) is 63.2 Å². The van der Waals surface area contributed by atoms with Crippen LogP contribution in [-0.2, 0) is 12.8 Å². The first-order valence-corrected chi connectivity index (χ1v) is 11.3. The molecular weight excluding hydrogens is 432 g/mol. The van der Waals surface area contributed by atoms with Gasteiger partial charge < -0.3 is 24.8 Å². The molecule has 0 radical (unpaired) electrons. The van der Waals surface area contributed by atoms with Crippen molar-refractivity contribution in [2.75, 3.05) is 0 Å². The van der Waals surface area contributed by atoms with Gasteiger partial charge in [-0.1, -0.05) is 34.9 Å². The van der Waals surface area contributed by atoms with Crippen LogP contribution in [0.2, 0.25) is 0 Å². The number of rotatable bonds is 7. The molecule has 180 valence electrons. The van der Waals surface area contributed by atoms with Gasteiger partial charge >= 0.3 is 0 Å². The molecule has 3 aromatic rings. The first kappa shape index (κ1) is 25.0. The molecule has 0 aliphatic rings. The molecule has 0 atom stereocenters. The first-order chi connectivity index (χ1) is 16.0. The fourth-order valence-corrected chi connectivity index (χ4v) is 3.86. The van der Waals surface area contributed by atoms with Crippen LogP contribution in [-0.4, -0.2) is 20.4 Å². The van der Waals surface area contributed by atoms with Crippen molar-refractivity contribution in [3.05, 3.63) is 68.4 Å². The number of allylic oxidation sites excluding steroid dienone is 6. The van der Waals surface area contributed by atoms with Crippen LogP contribution in [0, 0.1) is 0 Å². The van der Waals surface area contributed by atoms with E-state index in [1.807, 2.05) is 46.8 Å². The van der Waals surface area contributed by atoms with Crippen LogP contribution in [0.25, 0.3) is 21.9 Å². The Hall–Kier alpha value is -3.67. The summed E-state index contributed by atoms with van der Waals surface area (Å²) in [5.74, 6) is -1.35. The second-order valence-corrected chi connectivity index (χ2v) is 9.19. The molecule has 4 N–H and O–H groups in total. The van der Waals surface area contributed by atoms with Gasteiger partial charge in [-0.15, -0.1) is 0 Å². The monoisotopic (exact) mass is 464 g/mol. The molecule has 0 aliphatic carbocycles. The van der Waals surface area contributed by atoms with E-state index >= 15 is 0 Å². The Morgan fingerprint density at radius 2 is 1.47 bits per heavy atom. The number of hydrogen-bond donors (Lipinski definition) is 4. The van der Waals surface area contributed by atoms with Gasteiger partial charge in [0.15, 0.2) is 11.5 Å². The highest BCUT2D eigenvalue weighted by Gasteiger charge is 2.22. The molecule has 0 unspecified atom stereocenters. The summed E-state index contributed by atoms with van der Waals surface area (Å²) in [6.07, 6.45) is 8.12. The third kappa shape index (κ3) is 5.11. The van der Waals surface area contributed by atoms with Crippen molar-refractivity contribution in [1.29, 1.82) is 0 Å². The average Bonchev–Trinajstić information content (AvgIpc) is 2.74. The lowest BCUT2D eigenvalue weighted by atomic mass is 9.99. The van der Waals surface area contributed by atoms with Gasteiger partial charge in [-0.3, -0.25) is 4.79 Å². The van der Waals surface area contributed by atoms with Gasteiger partial charge in [0, 0.05) is 17.2 Å². The standard InChI is InChI=1S/C28H32O6/c1-15(2)7-6-8-17(5)10-12-19-25(31)22(30)13-20-27(33)24-23(34-28(19)20)14-21(29)18(26(24)32)11-9-16(3)4/h7,9-10,13-14,29-32H,6,8,11-12H2,1-5H3. The Morgan fingerprint density at radius 3 is 2.12 bits per heavy atom. The van der Waals surface area contributed by atoms with E-state index in [1.54, 1.807) is 0 Å². The second kappa shape index (κ2) is 10.1. The fourth-order valence-electron chi connectivity index (χ4n) is 3.86. The zero-order chi connectivity index (χ0) is 25.2. The Kier molecular flexibility index (Phi) is 7.40. The summed E-state index contributed by atoms with van der Waals surface area (Å²) in [4.78, 5) is 13.3. The molecule has 0 fully saturated rings. The third-order valence-corrected chi connectivity index (χ3v) is 5.82. The van der Waals surface area contributed by atoms with Crippen molar-refractivity contribution in [3.8, 4) is 23.0 Å². The Labute approximate surface area is 198 Å². The van der Waals surface area contributed by atoms with E-state index in [2.05, 4.69) is 6.08 Å². The average molecular weight is 465 g/mol. The lowest BCUT2D eigenvalue weighted by Crippen LogP contribution is -2.05. The molecule has 3 rings (SSSR count). The van der Waals surface area contributed by atoms with E-state index in [0.717, 1.165) is 30.1 Å². The van der Waals surface area contributed by atoms with Crippen LogP contribution in [0.5, 0.6) is 23.0 Å². The predicted molar refractivity (Wildman–Crippen MR) is 136 cm³/mol. The summed E-state index contributed by atoms with van der Waals surface area (Å²) in [5, 5.41) is 42.1. The predicted octanol–water partition coefficient (Wildman–Crippen LogP) is 6.51. The molecule has 0 bridgehead atoms. The minimum atomic E-state index is -0.548. The van der Waals surface area contributed by atoms with Gasteiger partial charge in [0.05, 0.1) is 5.39 Å². The van der Waals surface area contributed by atoms with E-state index in [0.29, 0.717) is 0 Å². The Bertz CT molecular complexity index is 1390. The highest BCUT2D eigenvalue weighted by atomic mass is 16.3. The summed E-state index contributed by atoms with van der Waals surface area (Å²) in [7, 11) is 0. The molecule has 6 nitrogen and oxygen atoms in total. The van der Waals surface area contributed by atoms with Crippen molar-refractivity contribution in [2.24, 2.45) is 0 Å². The molecule has 2 aromatic carbocycles. The molecule has 0 saturated carbocycles. The number of benzene rings is 2. The summed E-state index contributed by atoms with van der Waals surface area (Å²) in [6.45, 7) is 9.86. The minimum Gasteiger partial charge on any atom is -0.507 e. The number of aromatic hydroxyl groups is 4. The van der Waals surface area contributed by atoms with Crippen LogP contribution in [0.15, 0.2) is 56.3 Å². The Morgan fingerprint density at radius 1 is 0.824 bits per heavy atom. The van der Waals surface area contributed by atoms with Crippen LogP contribution >= 0.6 is 0 Å². The maximum absolute atomic E-state index is 13.3. The van der Waals surface area contributed by atoms with E-state index in [4.69, 9.17) is 4.42 Å². The fraction of sp³-hybridized carbons (Fsp3) is 0.321. The normalized spacial score (nSPS) is 11.7. The van der Waals surface area contributed by atoms with Gasteiger partial charge in [-0.05, 0) is 66.4 Å². The minimum absolute atomic E-state index is 0.00375. The van der Waals surface area contributed by atoms with Crippen LogP contribution in [0.4, 0.5) is 0 Å². The lowest BCUT2D eigenvalue weighted by Gasteiger charge is -2.13. The highest BCUT2D eigenvalue weighted by molar-refractivity contribution is 5.97. The van der Waals surface area contributed by atoms with Gasteiger partial charge in [0.1, 0.15) is 28.1 Å². The molecular formula is C28H32O6. The van der Waals surface area contributed by atoms with E-state index in [1.165, 1.54) is 11.6 Å². The van der Waals surface area contributed by atoms with Crippen LogP contribution < -0.4 is 5.43 Å². The van der Waals surface area contributed by atoms with Crippen LogP contribution in [0.3, 0.4) is 0 Å². The largest absolute Gasteiger partial charge is 0.507 e. The molecule has 0 spiro atoms. The van der Waals surface area contributed by atoms with Crippen molar-refractivity contribution in [2.45, 2.75) is 60.3 Å². The quantitative estimate of drug-likeness (QED) is 0.180. The van der Waals surface area contributed by atoms with E-state index in [9.17, 15) is 25.2 Å². The van der Waals surface area contributed by atoms with Crippen molar-refractivity contribution < 1.29 is 24.8 Å². The molecule has 0 amide bonds. The van der Waals surface area contributed by atoms with E-state index < -0.39 is 11.2 Å². The third-order valence-electron chi connectivity index (χ3n) is 5.82. The summed E-state index contributed by atoms with van der Waals surface area (Å²) >= 11 is 0. The Balaban J connectivity index is 2.18. The summed E-state index contributed by atoms with van der Waals surface area (Å²) in [5.41, 5.74) is 3.39. The van der Waals surface area contributed by atoms with Crippen LogP contribution in [0.1, 0.15) is 58.6 Å². The SMILES string of the molecule is CC(C)=CCCC(C)=CCc1c(O)c(O)cc2c(=O)c3c(O)c(CC=C(C)C)c(O)cc3oc12. The smallest absolute Gasteiger partial charge is 0.204 e. The first-order valence-electron chi connectivity index (χ1n) is 11.3. The molecule has 34 heavy (non-hydrogen) atoms. The van der Waals surface area contributed by atoms with Crippen molar-refractivity contribution in [1.82, 2.24) is 0 Å². The zero-order valence-electron chi connectivity index (χ0n) is 20.3. The molecule has 1 heterocycles. The van der Waals surface area contributed by atoms with Gasteiger partial charge in [-0.25, -0.2) is 0 Å². The summed E-state index contributed by atoms with van der Waals surface area (Å²) in [6, 6.07) is 2.45. The number of hydrogen-bond acceptors (Lipinski definition) is 6. The van der Waals surface area contributed by atoms with Gasteiger partial charge in [0.2, 0.25) is 5.43 Å². The zero-order valence-corrected chi connectivity index (χ0v) is 20.3. The van der Waals surface area contributed by atoms with Crippen molar-refractivity contribution in [3.63, 3.8) is 0 Å². The number of phenolic OH excluding ortho intramolecular Hbond substituents is 4. The van der Waals surface area contributed by atoms with Gasteiger partial charge in [0.25, 0.3) is 0 Å². The molecule has 6 heteroatoms. The maximum Gasteiger partial charge on any atom is 0.204 e. The number of phenols is 4. The molecule has 0 aliphatic heterocycles. The number of fused-ring (bicyclic) bond motifs is 2. The second-order valence-electron chi connectivity index (χ2n) is 9.19. The lowest BCUT2D eigenvalue weighted by molar-refractivity contribution is 0.400. The van der Waals surface area contributed by atoms with Gasteiger partial charge in [-0.2, -0.15) is 0 Å². The highest BCUT2D eigenvalue weighted by Crippen LogP contribution is 2.40.